The van der Waals surface area contributed by atoms with Crippen molar-refractivity contribution in [2.75, 3.05) is 7.11 Å². The van der Waals surface area contributed by atoms with E-state index in [1.165, 1.54) is 36.4 Å². The number of aliphatic hydroxyl groups is 1. The first-order chi connectivity index (χ1) is 18.7. The highest BCUT2D eigenvalue weighted by Gasteiger charge is 2.61. The molecule has 3 aromatic carbocycles. The summed E-state index contributed by atoms with van der Waals surface area (Å²) in [6.07, 6.45) is -7.04. The minimum absolute atomic E-state index is 0.109. The van der Waals surface area contributed by atoms with Crippen molar-refractivity contribution in [1.29, 1.82) is 0 Å². The molecule has 0 saturated carbocycles. The van der Waals surface area contributed by atoms with Gasteiger partial charge < -0.3 is 28.8 Å². The highest BCUT2D eigenvalue weighted by molar-refractivity contribution is 9.10. The standard InChI is InChI=1S/C28H23BrO10/c1-35-27(33)22-20(36-24(30)17-11-5-2-6-12-17)21(37-25(31)18-13-7-3-8-14-18)23(28(29,34)39-22)38-26(32)19-15-9-4-10-16-19/h2-16,20-23,34H,1H3/t20-,21-,22-,23+,28+/m0/s1. The quantitative estimate of drug-likeness (QED) is 0.245. The van der Waals surface area contributed by atoms with Gasteiger partial charge in [-0.2, -0.15) is 0 Å². The summed E-state index contributed by atoms with van der Waals surface area (Å²) in [7, 11) is 1.06. The van der Waals surface area contributed by atoms with Gasteiger partial charge in [0.05, 0.1) is 23.8 Å². The second-order valence-electron chi connectivity index (χ2n) is 8.33. The molecule has 4 rings (SSSR count). The Morgan fingerprint density at radius 1 is 0.692 bits per heavy atom. The number of ether oxygens (including phenoxy) is 5. The zero-order valence-corrected chi connectivity index (χ0v) is 22.1. The molecule has 1 aliphatic rings. The molecule has 5 atom stereocenters. The Morgan fingerprint density at radius 2 is 1.08 bits per heavy atom. The summed E-state index contributed by atoms with van der Waals surface area (Å²) in [5.74, 6) is -3.76. The van der Waals surface area contributed by atoms with Crippen molar-refractivity contribution in [3.05, 3.63) is 108 Å². The molecule has 0 radical (unpaired) electrons. The lowest BCUT2D eigenvalue weighted by atomic mass is 9.97. The van der Waals surface area contributed by atoms with E-state index < -0.39 is 53.0 Å². The number of carbonyl (C=O) groups excluding carboxylic acids is 4. The zero-order valence-electron chi connectivity index (χ0n) is 20.5. The summed E-state index contributed by atoms with van der Waals surface area (Å²) in [4.78, 5) is 51.8. The molecule has 0 unspecified atom stereocenters. The number of methoxy groups -OCH3 is 1. The second-order valence-corrected chi connectivity index (χ2v) is 9.47. The van der Waals surface area contributed by atoms with E-state index in [9.17, 15) is 24.3 Å². The predicted molar refractivity (Wildman–Crippen MR) is 138 cm³/mol. The Hall–Kier alpha value is -4.06. The number of hydrogen-bond donors (Lipinski definition) is 1. The van der Waals surface area contributed by atoms with Crippen LogP contribution in [0.1, 0.15) is 31.1 Å². The van der Waals surface area contributed by atoms with E-state index in [1.54, 1.807) is 54.6 Å². The largest absolute Gasteiger partial charge is 0.467 e. The lowest BCUT2D eigenvalue weighted by Crippen LogP contribution is -2.67. The van der Waals surface area contributed by atoms with Crippen LogP contribution in [0.5, 0.6) is 0 Å². The molecule has 0 aromatic heterocycles. The molecular weight excluding hydrogens is 576 g/mol. The van der Waals surface area contributed by atoms with E-state index in [2.05, 4.69) is 15.9 Å². The van der Waals surface area contributed by atoms with Crippen LogP contribution in [0.2, 0.25) is 0 Å². The van der Waals surface area contributed by atoms with Gasteiger partial charge >= 0.3 is 23.9 Å². The van der Waals surface area contributed by atoms with Gasteiger partial charge in [0.2, 0.25) is 6.10 Å². The normalized spacial score (nSPS) is 24.2. The van der Waals surface area contributed by atoms with E-state index in [4.69, 9.17) is 23.7 Å². The number of benzene rings is 3. The minimum atomic E-state index is -2.56. The molecule has 0 bridgehead atoms. The van der Waals surface area contributed by atoms with Crippen molar-refractivity contribution in [3.8, 4) is 0 Å². The van der Waals surface area contributed by atoms with E-state index in [0.717, 1.165) is 7.11 Å². The van der Waals surface area contributed by atoms with Gasteiger partial charge in [-0.25, -0.2) is 19.2 Å². The Kier molecular flexibility index (Phi) is 8.75. The van der Waals surface area contributed by atoms with Crippen LogP contribution in [0.15, 0.2) is 91.0 Å². The molecule has 1 fully saturated rings. The van der Waals surface area contributed by atoms with Crippen molar-refractivity contribution >= 4 is 39.8 Å². The summed E-state index contributed by atoms with van der Waals surface area (Å²) >= 11 is 2.94. The second kappa shape index (κ2) is 12.2. The molecule has 1 N–H and O–H groups in total. The minimum Gasteiger partial charge on any atom is -0.467 e. The topological polar surface area (TPSA) is 135 Å². The maximum atomic E-state index is 13.1. The van der Waals surface area contributed by atoms with Gasteiger partial charge in [-0.3, -0.25) is 0 Å². The van der Waals surface area contributed by atoms with Crippen molar-refractivity contribution in [2.24, 2.45) is 0 Å². The first kappa shape index (κ1) is 28.0. The van der Waals surface area contributed by atoms with Crippen LogP contribution in [0.3, 0.4) is 0 Å². The van der Waals surface area contributed by atoms with Gasteiger partial charge in [0.15, 0.2) is 18.3 Å². The Balaban J connectivity index is 1.75. The number of carbonyl (C=O) groups is 4. The summed E-state index contributed by atoms with van der Waals surface area (Å²) in [5.41, 5.74) is 0.339. The average Bonchev–Trinajstić information content (AvgIpc) is 2.96. The zero-order chi connectivity index (χ0) is 28.0. The maximum Gasteiger partial charge on any atom is 0.339 e. The third-order valence-corrected chi connectivity index (χ3v) is 6.38. The Bertz CT molecular complexity index is 1310. The number of esters is 4. The molecule has 1 aliphatic heterocycles. The highest BCUT2D eigenvalue weighted by atomic mass is 79.9. The van der Waals surface area contributed by atoms with Gasteiger partial charge in [-0.15, -0.1) is 0 Å². The molecule has 0 amide bonds. The number of rotatable bonds is 7. The molecule has 1 saturated heterocycles. The fourth-order valence-corrected chi connectivity index (χ4v) is 4.40. The molecule has 10 nitrogen and oxygen atoms in total. The van der Waals surface area contributed by atoms with Gasteiger partial charge in [0, 0.05) is 0 Å². The first-order valence-electron chi connectivity index (χ1n) is 11.7. The van der Waals surface area contributed by atoms with Crippen LogP contribution < -0.4 is 0 Å². The van der Waals surface area contributed by atoms with Gasteiger partial charge in [0.25, 0.3) is 4.70 Å². The number of hydrogen-bond acceptors (Lipinski definition) is 10. The average molecular weight is 599 g/mol. The van der Waals surface area contributed by atoms with Crippen LogP contribution >= 0.6 is 15.9 Å². The molecule has 39 heavy (non-hydrogen) atoms. The maximum absolute atomic E-state index is 13.1. The summed E-state index contributed by atoms with van der Waals surface area (Å²) in [6.45, 7) is 0. The highest BCUT2D eigenvalue weighted by Crippen LogP contribution is 2.39. The van der Waals surface area contributed by atoms with Gasteiger partial charge in [-0.1, -0.05) is 54.6 Å². The molecule has 202 valence electrons. The summed E-state index contributed by atoms with van der Waals surface area (Å²) in [6, 6.07) is 23.4. The number of alkyl halides is 1. The Morgan fingerprint density at radius 3 is 1.49 bits per heavy atom. The molecule has 1 heterocycles. The predicted octanol–water partition coefficient (Wildman–Crippen LogP) is 3.28. The third-order valence-electron chi connectivity index (χ3n) is 5.75. The third kappa shape index (κ3) is 6.51. The van der Waals surface area contributed by atoms with Crippen LogP contribution in [-0.4, -0.2) is 65.2 Å². The molecule has 0 spiro atoms. The lowest BCUT2D eigenvalue weighted by Gasteiger charge is -2.45. The monoisotopic (exact) mass is 598 g/mol. The van der Waals surface area contributed by atoms with Gasteiger partial charge in [0.1, 0.15) is 0 Å². The molecule has 3 aromatic rings. The number of halogens is 1. The van der Waals surface area contributed by atoms with Crippen molar-refractivity contribution in [1.82, 2.24) is 0 Å². The van der Waals surface area contributed by atoms with Crippen LogP contribution in [0.25, 0.3) is 0 Å². The summed E-state index contributed by atoms with van der Waals surface area (Å²) in [5, 5.41) is 11.1. The molecular formula is C28H23BrO10. The SMILES string of the molecule is COC(=O)[C@H]1O[C@@](O)(Br)[C@H](OC(=O)c2ccccc2)[C@@H](OC(=O)c2ccccc2)[C@@H]1OC(=O)c1ccccc1. The van der Waals surface area contributed by atoms with E-state index in [0.29, 0.717) is 0 Å². The molecule has 11 heteroatoms. The van der Waals surface area contributed by atoms with Crippen LogP contribution in [0.4, 0.5) is 0 Å². The van der Waals surface area contributed by atoms with E-state index in [1.807, 2.05) is 0 Å². The van der Waals surface area contributed by atoms with Crippen LogP contribution in [-0.2, 0) is 28.5 Å². The van der Waals surface area contributed by atoms with Gasteiger partial charge in [-0.05, 0) is 52.3 Å². The van der Waals surface area contributed by atoms with Crippen molar-refractivity contribution < 1.29 is 48.0 Å². The lowest BCUT2D eigenvalue weighted by molar-refractivity contribution is -0.292. The van der Waals surface area contributed by atoms with Crippen molar-refractivity contribution in [3.63, 3.8) is 0 Å². The van der Waals surface area contributed by atoms with E-state index in [-0.39, 0.29) is 16.7 Å². The van der Waals surface area contributed by atoms with Crippen molar-refractivity contribution in [2.45, 2.75) is 29.1 Å². The Labute approximate surface area is 231 Å². The first-order valence-corrected chi connectivity index (χ1v) is 12.5. The van der Waals surface area contributed by atoms with E-state index >= 15 is 0 Å². The molecule has 0 aliphatic carbocycles. The fourth-order valence-electron chi connectivity index (χ4n) is 3.84. The summed E-state index contributed by atoms with van der Waals surface area (Å²) < 4.78 is 24.5. The fraction of sp³-hybridized carbons (Fsp3) is 0.214. The van der Waals surface area contributed by atoms with Crippen LogP contribution in [0, 0.1) is 0 Å². The smallest absolute Gasteiger partial charge is 0.339 e.